The molecule has 0 aliphatic rings. The monoisotopic (exact) mass is 507 g/mol. The zero-order chi connectivity index (χ0) is 22.8. The number of pyridine rings is 1. The van der Waals surface area contributed by atoms with Crippen molar-refractivity contribution in [2.24, 2.45) is 0 Å². The largest absolute Gasteiger partial charge is 0.502 e. The molecule has 0 saturated heterocycles. The van der Waals surface area contributed by atoms with Crippen LogP contribution in [-0.4, -0.2) is 10.1 Å². The Morgan fingerprint density at radius 2 is 1.56 bits per heavy atom. The van der Waals surface area contributed by atoms with Gasteiger partial charge in [-0.1, -0.05) is 24.3 Å². The van der Waals surface area contributed by atoms with E-state index >= 15 is 0 Å². The number of benzene rings is 2. The number of aromatic hydroxyl groups is 1. The maximum atomic E-state index is 13.8. The fraction of sp³-hybridized carbons (Fsp3) is 0.125. The molecular weight excluding hydrogens is 487 g/mol. The van der Waals surface area contributed by atoms with Crippen LogP contribution in [0, 0.1) is 11.6 Å². The molecular formula is C24H21Cl2F2N3O3. The maximum Gasteiger partial charge on any atom is 0.271 e. The van der Waals surface area contributed by atoms with Gasteiger partial charge in [0.2, 0.25) is 0 Å². The molecule has 4 rings (SSSR count). The summed E-state index contributed by atoms with van der Waals surface area (Å²) in [7, 11) is 0. The van der Waals surface area contributed by atoms with Crippen LogP contribution in [0.3, 0.4) is 0 Å². The molecule has 6 nitrogen and oxygen atoms in total. The van der Waals surface area contributed by atoms with Gasteiger partial charge in [-0.15, -0.1) is 24.8 Å². The summed E-state index contributed by atoms with van der Waals surface area (Å²) in [6.07, 6.45) is 3.26. The number of anilines is 2. The minimum Gasteiger partial charge on any atom is -0.502 e. The molecule has 10 heteroatoms. The molecule has 0 amide bonds. The van der Waals surface area contributed by atoms with E-state index in [1.807, 2.05) is 13.0 Å². The molecule has 0 aliphatic carbocycles. The Hall–Kier alpha value is -3.33. The maximum absolute atomic E-state index is 13.8. The first-order valence-electron chi connectivity index (χ1n) is 9.86. The van der Waals surface area contributed by atoms with Gasteiger partial charge in [-0.25, -0.2) is 8.78 Å². The fourth-order valence-corrected chi connectivity index (χ4v) is 3.54. The number of hydrogen-bond donors (Lipinski definition) is 3. The summed E-state index contributed by atoms with van der Waals surface area (Å²) in [5.74, 6) is -2.46. The first-order chi connectivity index (χ1) is 15.4. The summed E-state index contributed by atoms with van der Waals surface area (Å²) in [6, 6.07) is 13.6. The minimum atomic E-state index is -0.936. The highest BCUT2D eigenvalue weighted by atomic mass is 35.5. The van der Waals surface area contributed by atoms with Crippen LogP contribution >= 0.6 is 24.8 Å². The molecule has 1 aromatic heterocycles. The number of para-hydroxylation sites is 1. The number of halogens is 4. The van der Waals surface area contributed by atoms with Crippen molar-refractivity contribution < 1.29 is 13.9 Å². The molecule has 4 aromatic rings. The van der Waals surface area contributed by atoms with Gasteiger partial charge in [0.05, 0.1) is 6.04 Å². The molecule has 178 valence electrons. The molecule has 3 aromatic carbocycles. The van der Waals surface area contributed by atoms with Gasteiger partial charge in [-0.2, -0.15) is 0 Å². The second-order valence-electron chi connectivity index (χ2n) is 7.37. The van der Waals surface area contributed by atoms with Crippen LogP contribution in [0.1, 0.15) is 35.7 Å². The van der Waals surface area contributed by atoms with Crippen LogP contribution in [0.2, 0.25) is 0 Å². The molecule has 0 fully saturated rings. The summed E-state index contributed by atoms with van der Waals surface area (Å²) >= 11 is 0. The van der Waals surface area contributed by atoms with Crippen LogP contribution in [0.15, 0.2) is 76.6 Å². The van der Waals surface area contributed by atoms with Gasteiger partial charge in [-0.05, 0) is 53.9 Å². The lowest BCUT2D eigenvalue weighted by atomic mass is 9.95. The second-order valence-corrected chi connectivity index (χ2v) is 7.37. The van der Waals surface area contributed by atoms with Crippen molar-refractivity contribution >= 4 is 36.2 Å². The van der Waals surface area contributed by atoms with Gasteiger partial charge in [-0.3, -0.25) is 19.9 Å². The summed E-state index contributed by atoms with van der Waals surface area (Å²) in [5.41, 5.74) is 0.708. The Morgan fingerprint density at radius 1 is 0.882 bits per heavy atom. The molecule has 1 heterocycles. The molecule has 0 bridgehead atoms. The lowest BCUT2D eigenvalue weighted by molar-refractivity contribution is 0.466. The van der Waals surface area contributed by atoms with Crippen LogP contribution in [0.4, 0.5) is 20.2 Å². The lowest BCUT2D eigenvalue weighted by Gasteiger charge is -2.27. The molecule has 34 heavy (non-hydrogen) atoms. The van der Waals surface area contributed by atoms with E-state index in [1.165, 1.54) is 6.07 Å². The van der Waals surface area contributed by atoms with E-state index < -0.39 is 34.3 Å². The number of rotatable bonds is 7. The predicted molar refractivity (Wildman–Crippen MR) is 131 cm³/mol. The zero-order valence-corrected chi connectivity index (χ0v) is 19.4. The van der Waals surface area contributed by atoms with Crippen molar-refractivity contribution in [2.45, 2.75) is 19.0 Å². The average Bonchev–Trinajstić information content (AvgIpc) is 2.82. The highest BCUT2D eigenvalue weighted by Crippen LogP contribution is 2.33. The third-order valence-electron chi connectivity index (χ3n) is 5.32. The number of nitrogens with one attached hydrogen (secondary N) is 2. The van der Waals surface area contributed by atoms with Gasteiger partial charge in [0.15, 0.2) is 17.4 Å². The van der Waals surface area contributed by atoms with Gasteiger partial charge in [0.1, 0.15) is 5.69 Å². The standard InChI is InChI=1S/C24H19F2N3O3.2ClH/c1-13(15-6-7-17(25)18(26)12-15)28-20(14-8-10-27-11-9-14)16-4-2-3-5-19(16)29-21-22(30)24(32)23(21)31;;/h2-13,20,28-30H,1H3;2*1H. The smallest absolute Gasteiger partial charge is 0.271 e. The molecule has 0 saturated carbocycles. The predicted octanol–water partition coefficient (Wildman–Crippen LogP) is 4.69. The summed E-state index contributed by atoms with van der Waals surface area (Å²) in [5, 5.41) is 16.0. The minimum absolute atomic E-state index is 0. The first kappa shape index (κ1) is 26.9. The molecule has 2 atom stereocenters. The topological polar surface area (TPSA) is 91.3 Å². The molecule has 0 aliphatic heterocycles. The van der Waals surface area contributed by atoms with Crippen LogP contribution in [-0.2, 0) is 0 Å². The van der Waals surface area contributed by atoms with E-state index in [4.69, 9.17) is 0 Å². The quantitative estimate of drug-likeness (QED) is 0.314. The number of aromatic nitrogens is 1. The first-order valence-corrected chi connectivity index (χ1v) is 9.86. The van der Waals surface area contributed by atoms with Gasteiger partial charge in [0, 0.05) is 24.1 Å². The van der Waals surface area contributed by atoms with Gasteiger partial charge >= 0.3 is 0 Å². The number of nitrogens with zero attached hydrogens (tertiary/aromatic N) is 1. The lowest BCUT2D eigenvalue weighted by Crippen LogP contribution is -2.33. The van der Waals surface area contributed by atoms with Gasteiger partial charge in [0.25, 0.3) is 10.9 Å². The van der Waals surface area contributed by atoms with Crippen LogP contribution < -0.4 is 21.5 Å². The van der Waals surface area contributed by atoms with Crippen LogP contribution in [0.5, 0.6) is 5.75 Å². The van der Waals surface area contributed by atoms with Crippen molar-refractivity contribution in [1.82, 2.24) is 10.3 Å². The fourth-order valence-electron chi connectivity index (χ4n) is 3.54. The van der Waals surface area contributed by atoms with Crippen molar-refractivity contribution in [2.75, 3.05) is 5.32 Å². The zero-order valence-electron chi connectivity index (χ0n) is 17.8. The molecule has 0 spiro atoms. The summed E-state index contributed by atoms with van der Waals surface area (Å²) < 4.78 is 27.1. The Morgan fingerprint density at radius 3 is 2.21 bits per heavy atom. The third-order valence-corrected chi connectivity index (χ3v) is 5.32. The Balaban J connectivity index is 0.00000204. The van der Waals surface area contributed by atoms with Crippen molar-refractivity contribution in [3.05, 3.63) is 116 Å². The van der Waals surface area contributed by atoms with E-state index in [9.17, 15) is 23.5 Å². The van der Waals surface area contributed by atoms with E-state index in [2.05, 4.69) is 15.6 Å². The molecule has 0 radical (unpaired) electrons. The highest BCUT2D eigenvalue weighted by Gasteiger charge is 2.24. The molecule has 2 unspecified atom stereocenters. The van der Waals surface area contributed by atoms with E-state index in [0.717, 1.165) is 17.7 Å². The summed E-state index contributed by atoms with van der Waals surface area (Å²) in [6.45, 7) is 1.82. The summed E-state index contributed by atoms with van der Waals surface area (Å²) in [4.78, 5) is 27.3. The Kier molecular flexibility index (Phi) is 8.86. The SMILES string of the molecule is CC(NC(c1ccncc1)c1ccccc1Nc1c(O)c(=O)c1=O)c1ccc(F)c(F)c1.Cl.Cl. The van der Waals surface area contributed by atoms with E-state index in [0.29, 0.717) is 16.8 Å². The van der Waals surface area contributed by atoms with Gasteiger partial charge < -0.3 is 10.4 Å². The second kappa shape index (κ2) is 11.2. The van der Waals surface area contributed by atoms with Crippen molar-refractivity contribution in [3.8, 4) is 5.75 Å². The Bertz CT molecular complexity index is 1350. The highest BCUT2D eigenvalue weighted by molar-refractivity contribution is 5.85. The van der Waals surface area contributed by atoms with Crippen LogP contribution in [0.25, 0.3) is 0 Å². The third kappa shape index (κ3) is 5.25. The van der Waals surface area contributed by atoms with E-state index in [-0.39, 0.29) is 36.5 Å². The normalized spacial score (nSPS) is 12.3. The Labute approximate surface area is 206 Å². The van der Waals surface area contributed by atoms with Crippen molar-refractivity contribution in [1.29, 1.82) is 0 Å². The molecule has 3 N–H and O–H groups in total. The van der Waals surface area contributed by atoms with Crippen molar-refractivity contribution in [3.63, 3.8) is 0 Å². The number of hydrogen-bond acceptors (Lipinski definition) is 6. The van der Waals surface area contributed by atoms with E-state index in [1.54, 1.807) is 42.7 Å². The average molecular weight is 508 g/mol.